The predicted molar refractivity (Wildman–Crippen MR) is 84.0 cm³/mol. The maximum atomic E-state index is 13.5. The van der Waals surface area contributed by atoms with Crippen LogP contribution in [-0.4, -0.2) is 0 Å². The predicted octanol–water partition coefficient (Wildman–Crippen LogP) is 5.19. The SMILES string of the molecule is Cc1cc(C(N)c2cc3ccc(F)cc3s2)c(Cl)cc1F. The van der Waals surface area contributed by atoms with Crippen molar-refractivity contribution in [3.63, 3.8) is 0 Å². The topological polar surface area (TPSA) is 26.0 Å². The summed E-state index contributed by atoms with van der Waals surface area (Å²) in [5.41, 5.74) is 7.41. The molecule has 1 nitrogen and oxygen atoms in total. The van der Waals surface area contributed by atoms with Crippen LogP contribution < -0.4 is 5.73 Å². The third kappa shape index (κ3) is 2.67. The Balaban J connectivity index is 2.07. The molecule has 0 aliphatic carbocycles. The highest BCUT2D eigenvalue weighted by Crippen LogP contribution is 2.35. The van der Waals surface area contributed by atoms with Crippen molar-refractivity contribution in [2.24, 2.45) is 5.73 Å². The third-order valence-electron chi connectivity index (χ3n) is 3.42. The minimum absolute atomic E-state index is 0.278. The van der Waals surface area contributed by atoms with Crippen molar-refractivity contribution in [1.29, 1.82) is 0 Å². The summed E-state index contributed by atoms with van der Waals surface area (Å²) >= 11 is 7.51. The molecule has 1 unspecified atom stereocenters. The quantitative estimate of drug-likeness (QED) is 0.690. The fraction of sp³-hybridized carbons (Fsp3) is 0.125. The molecule has 1 atom stereocenters. The smallest absolute Gasteiger partial charge is 0.127 e. The zero-order valence-corrected chi connectivity index (χ0v) is 12.7. The van der Waals surface area contributed by atoms with Gasteiger partial charge in [0.25, 0.3) is 0 Å². The van der Waals surface area contributed by atoms with E-state index < -0.39 is 6.04 Å². The summed E-state index contributed by atoms with van der Waals surface area (Å²) in [5.74, 6) is -0.630. The number of fused-ring (bicyclic) bond motifs is 1. The van der Waals surface area contributed by atoms with Crippen molar-refractivity contribution in [3.8, 4) is 0 Å². The molecule has 108 valence electrons. The van der Waals surface area contributed by atoms with Gasteiger partial charge < -0.3 is 5.73 Å². The summed E-state index contributed by atoms with van der Waals surface area (Å²) in [6.45, 7) is 1.67. The van der Waals surface area contributed by atoms with E-state index in [4.69, 9.17) is 17.3 Å². The van der Waals surface area contributed by atoms with Crippen LogP contribution in [0.2, 0.25) is 5.02 Å². The van der Waals surface area contributed by atoms with Crippen LogP contribution in [-0.2, 0) is 0 Å². The largest absolute Gasteiger partial charge is 0.320 e. The van der Waals surface area contributed by atoms with Crippen LogP contribution in [0, 0.1) is 18.6 Å². The molecule has 21 heavy (non-hydrogen) atoms. The zero-order chi connectivity index (χ0) is 15.1. The lowest BCUT2D eigenvalue weighted by Crippen LogP contribution is -2.11. The number of hydrogen-bond donors (Lipinski definition) is 1. The van der Waals surface area contributed by atoms with E-state index in [2.05, 4.69) is 0 Å². The number of rotatable bonds is 2. The molecule has 0 saturated heterocycles. The molecular weight excluding hydrogens is 312 g/mol. The van der Waals surface area contributed by atoms with Crippen LogP contribution in [0.3, 0.4) is 0 Å². The van der Waals surface area contributed by atoms with Gasteiger partial charge in [-0.1, -0.05) is 17.7 Å². The number of thiophene rings is 1. The highest BCUT2D eigenvalue weighted by atomic mass is 35.5. The fourth-order valence-corrected chi connectivity index (χ4v) is 3.63. The summed E-state index contributed by atoms with van der Waals surface area (Å²) in [6, 6.07) is 9.00. The number of halogens is 3. The average molecular weight is 324 g/mol. The standard InChI is InChI=1S/C16H12ClF2NS/c1-8-4-11(12(17)7-13(8)19)16(20)15-5-9-2-3-10(18)6-14(9)21-15/h2-7,16H,20H2,1H3. The molecule has 0 aliphatic rings. The number of benzene rings is 2. The Labute approximate surface area is 130 Å². The second kappa shape index (κ2) is 5.37. The highest BCUT2D eigenvalue weighted by Gasteiger charge is 2.17. The molecule has 0 aliphatic heterocycles. The molecule has 0 radical (unpaired) electrons. The average Bonchev–Trinajstić information content (AvgIpc) is 2.85. The first kappa shape index (κ1) is 14.4. The number of nitrogens with two attached hydrogens (primary N) is 1. The Kier molecular flexibility index (Phi) is 3.69. The molecule has 0 bridgehead atoms. The third-order valence-corrected chi connectivity index (χ3v) is 4.93. The summed E-state index contributed by atoms with van der Waals surface area (Å²) in [6.07, 6.45) is 0. The fourth-order valence-electron chi connectivity index (χ4n) is 2.25. The van der Waals surface area contributed by atoms with Crippen LogP contribution in [0.4, 0.5) is 8.78 Å². The van der Waals surface area contributed by atoms with Crippen LogP contribution in [0.5, 0.6) is 0 Å². The molecule has 0 saturated carbocycles. The van der Waals surface area contributed by atoms with Gasteiger partial charge in [-0.2, -0.15) is 0 Å². The van der Waals surface area contributed by atoms with Crippen LogP contribution in [0.1, 0.15) is 22.0 Å². The van der Waals surface area contributed by atoms with E-state index in [0.29, 0.717) is 16.1 Å². The molecule has 2 N–H and O–H groups in total. The molecule has 3 aromatic rings. The van der Waals surface area contributed by atoms with Crippen LogP contribution in [0.25, 0.3) is 10.1 Å². The van der Waals surface area contributed by atoms with Gasteiger partial charge in [0, 0.05) is 14.6 Å². The van der Waals surface area contributed by atoms with Crippen molar-refractivity contribution in [2.45, 2.75) is 13.0 Å². The van der Waals surface area contributed by atoms with E-state index in [0.717, 1.165) is 15.0 Å². The van der Waals surface area contributed by atoms with Crippen molar-refractivity contribution < 1.29 is 8.78 Å². The normalized spacial score (nSPS) is 12.8. The lowest BCUT2D eigenvalue weighted by molar-refractivity contribution is 0.617. The van der Waals surface area contributed by atoms with E-state index in [1.54, 1.807) is 19.1 Å². The second-order valence-electron chi connectivity index (χ2n) is 4.93. The van der Waals surface area contributed by atoms with Crippen molar-refractivity contribution in [1.82, 2.24) is 0 Å². The summed E-state index contributed by atoms with van der Waals surface area (Å²) in [4.78, 5) is 0.864. The molecule has 0 amide bonds. The number of aryl methyl sites for hydroxylation is 1. The van der Waals surface area contributed by atoms with E-state index in [-0.39, 0.29) is 11.6 Å². The van der Waals surface area contributed by atoms with Gasteiger partial charge in [0.2, 0.25) is 0 Å². The van der Waals surface area contributed by atoms with E-state index >= 15 is 0 Å². The van der Waals surface area contributed by atoms with E-state index in [1.807, 2.05) is 6.07 Å². The minimum atomic E-state index is -0.461. The molecule has 0 spiro atoms. The van der Waals surface area contributed by atoms with Gasteiger partial charge in [0.1, 0.15) is 11.6 Å². The van der Waals surface area contributed by atoms with Gasteiger partial charge in [0.05, 0.1) is 6.04 Å². The monoisotopic (exact) mass is 323 g/mol. The maximum absolute atomic E-state index is 13.5. The number of hydrogen-bond acceptors (Lipinski definition) is 2. The summed E-state index contributed by atoms with van der Waals surface area (Å²) < 4.78 is 27.5. The van der Waals surface area contributed by atoms with Crippen molar-refractivity contribution >= 4 is 33.0 Å². The van der Waals surface area contributed by atoms with Gasteiger partial charge >= 0.3 is 0 Å². The summed E-state index contributed by atoms with van der Waals surface area (Å²) in [5, 5.41) is 1.23. The Morgan fingerprint density at radius 3 is 2.67 bits per heavy atom. The van der Waals surface area contributed by atoms with Crippen molar-refractivity contribution in [2.75, 3.05) is 0 Å². The zero-order valence-electron chi connectivity index (χ0n) is 11.2. The van der Waals surface area contributed by atoms with Crippen LogP contribution >= 0.6 is 22.9 Å². The first-order valence-electron chi connectivity index (χ1n) is 6.36. The summed E-state index contributed by atoms with van der Waals surface area (Å²) in [7, 11) is 0. The van der Waals surface area contributed by atoms with Gasteiger partial charge in [-0.3, -0.25) is 0 Å². The van der Waals surface area contributed by atoms with Crippen molar-refractivity contribution in [3.05, 3.63) is 69.1 Å². The molecular formula is C16H12ClF2NS. The van der Waals surface area contributed by atoms with Gasteiger partial charge in [-0.05, 0) is 53.8 Å². The molecule has 3 rings (SSSR count). The Hall–Kier alpha value is -1.49. The second-order valence-corrected chi connectivity index (χ2v) is 6.45. The Morgan fingerprint density at radius 1 is 1.14 bits per heavy atom. The first-order chi connectivity index (χ1) is 9.95. The van der Waals surface area contributed by atoms with E-state index in [1.165, 1.54) is 29.5 Å². The van der Waals surface area contributed by atoms with E-state index in [9.17, 15) is 8.78 Å². The molecule has 5 heteroatoms. The van der Waals surface area contributed by atoms with Gasteiger partial charge in [0.15, 0.2) is 0 Å². The molecule has 1 aromatic heterocycles. The maximum Gasteiger partial charge on any atom is 0.127 e. The van der Waals surface area contributed by atoms with Gasteiger partial charge in [-0.15, -0.1) is 11.3 Å². The first-order valence-corrected chi connectivity index (χ1v) is 7.55. The highest BCUT2D eigenvalue weighted by molar-refractivity contribution is 7.19. The lowest BCUT2D eigenvalue weighted by atomic mass is 10.0. The Morgan fingerprint density at radius 2 is 1.90 bits per heavy atom. The molecule has 2 aromatic carbocycles. The van der Waals surface area contributed by atoms with Gasteiger partial charge in [-0.25, -0.2) is 8.78 Å². The van der Waals surface area contributed by atoms with Crippen LogP contribution in [0.15, 0.2) is 36.4 Å². The molecule has 0 fully saturated rings. The lowest BCUT2D eigenvalue weighted by Gasteiger charge is -2.13. The molecule has 1 heterocycles. The Bertz CT molecular complexity index is 829. The minimum Gasteiger partial charge on any atom is -0.320 e.